The summed E-state index contributed by atoms with van der Waals surface area (Å²) in [5, 5.41) is 0. The highest BCUT2D eigenvalue weighted by Gasteiger charge is 2.16. The van der Waals surface area contributed by atoms with Crippen LogP contribution in [0.2, 0.25) is 0 Å². The predicted molar refractivity (Wildman–Crippen MR) is 88.7 cm³/mol. The van der Waals surface area contributed by atoms with Gasteiger partial charge in [-0.05, 0) is 39.1 Å². The Labute approximate surface area is 128 Å². The Kier molecular flexibility index (Phi) is 7.23. The number of ketones is 1. The van der Waals surface area contributed by atoms with E-state index in [9.17, 15) is 4.79 Å². The van der Waals surface area contributed by atoms with E-state index in [-0.39, 0.29) is 5.78 Å². The Hall–Kier alpha value is -1.55. The Morgan fingerprint density at radius 2 is 1.67 bits per heavy atom. The lowest BCUT2D eigenvalue weighted by atomic mass is 10.1. The van der Waals surface area contributed by atoms with Gasteiger partial charge in [-0.2, -0.15) is 0 Å². The van der Waals surface area contributed by atoms with E-state index in [0.29, 0.717) is 17.9 Å². The minimum Gasteiger partial charge on any atom is -0.496 e. The highest BCUT2D eigenvalue weighted by atomic mass is 16.5. The second-order valence-corrected chi connectivity index (χ2v) is 4.94. The van der Waals surface area contributed by atoms with Gasteiger partial charge in [0.05, 0.1) is 19.2 Å². The molecule has 0 radical (unpaired) electrons. The van der Waals surface area contributed by atoms with Gasteiger partial charge in [0, 0.05) is 24.8 Å². The minimum absolute atomic E-state index is 0.113. The fourth-order valence-electron chi connectivity index (χ4n) is 2.43. The van der Waals surface area contributed by atoms with Gasteiger partial charge in [-0.3, -0.25) is 9.69 Å². The number of rotatable bonds is 9. The summed E-state index contributed by atoms with van der Waals surface area (Å²) in [6.45, 7) is 12.4. The van der Waals surface area contributed by atoms with Crippen molar-refractivity contribution < 1.29 is 9.53 Å². The molecule has 0 amide bonds. The fourth-order valence-corrected chi connectivity index (χ4v) is 2.43. The minimum atomic E-state index is 0.113. The molecule has 0 bridgehead atoms. The summed E-state index contributed by atoms with van der Waals surface area (Å²) < 4.78 is 5.43. The van der Waals surface area contributed by atoms with Crippen LogP contribution in [-0.2, 0) is 0 Å². The zero-order valence-electron chi connectivity index (χ0n) is 14.0. The van der Waals surface area contributed by atoms with Gasteiger partial charge in [0.2, 0.25) is 0 Å². The molecular weight excluding hydrogens is 264 g/mol. The molecule has 0 N–H and O–H groups in total. The number of hydrogen-bond acceptors (Lipinski definition) is 4. The van der Waals surface area contributed by atoms with E-state index in [1.807, 2.05) is 18.2 Å². The van der Waals surface area contributed by atoms with Gasteiger partial charge in [0.1, 0.15) is 5.75 Å². The summed E-state index contributed by atoms with van der Waals surface area (Å²) in [6, 6.07) is 5.85. The van der Waals surface area contributed by atoms with E-state index in [2.05, 4.69) is 37.5 Å². The molecule has 21 heavy (non-hydrogen) atoms. The van der Waals surface area contributed by atoms with Crippen molar-refractivity contribution in [3.63, 3.8) is 0 Å². The standard InChI is InChI=1S/C17H28N2O2/c1-6-18(7-2)13-16(20)15-11-10-14(12-17(15)21-5)19(8-3)9-4/h10-12H,6-9,13H2,1-5H3. The zero-order chi connectivity index (χ0) is 15.8. The van der Waals surface area contributed by atoms with Crippen molar-refractivity contribution in [2.24, 2.45) is 0 Å². The number of anilines is 1. The van der Waals surface area contributed by atoms with E-state index in [1.54, 1.807) is 7.11 Å². The van der Waals surface area contributed by atoms with Crippen molar-refractivity contribution in [2.45, 2.75) is 27.7 Å². The lowest BCUT2D eigenvalue weighted by molar-refractivity contribution is 0.0934. The lowest BCUT2D eigenvalue weighted by Crippen LogP contribution is -2.29. The van der Waals surface area contributed by atoms with Crippen LogP contribution >= 0.6 is 0 Å². The third kappa shape index (κ3) is 4.46. The van der Waals surface area contributed by atoms with Gasteiger partial charge >= 0.3 is 0 Å². The van der Waals surface area contributed by atoms with Gasteiger partial charge in [-0.1, -0.05) is 13.8 Å². The Bertz CT molecular complexity index is 452. The molecule has 0 fully saturated rings. The van der Waals surface area contributed by atoms with Crippen LogP contribution in [0.15, 0.2) is 18.2 Å². The summed E-state index contributed by atoms with van der Waals surface area (Å²) >= 11 is 0. The highest BCUT2D eigenvalue weighted by molar-refractivity contribution is 6.00. The molecule has 0 saturated carbocycles. The number of nitrogens with zero attached hydrogens (tertiary/aromatic N) is 2. The van der Waals surface area contributed by atoms with Crippen molar-refractivity contribution in [3.05, 3.63) is 23.8 Å². The van der Waals surface area contributed by atoms with Gasteiger partial charge in [0.15, 0.2) is 5.78 Å². The monoisotopic (exact) mass is 292 g/mol. The summed E-state index contributed by atoms with van der Waals surface area (Å²) in [6.07, 6.45) is 0. The highest BCUT2D eigenvalue weighted by Crippen LogP contribution is 2.26. The number of methoxy groups -OCH3 is 1. The third-order valence-electron chi connectivity index (χ3n) is 3.88. The molecular formula is C17H28N2O2. The molecule has 118 valence electrons. The SMILES string of the molecule is CCN(CC)CC(=O)c1ccc(N(CC)CC)cc1OC. The number of carbonyl (C=O) groups is 1. The number of ether oxygens (including phenoxy) is 1. The van der Waals surface area contributed by atoms with Crippen molar-refractivity contribution in [3.8, 4) is 5.75 Å². The van der Waals surface area contributed by atoms with Crippen LogP contribution in [0, 0.1) is 0 Å². The van der Waals surface area contributed by atoms with Crippen LogP contribution < -0.4 is 9.64 Å². The van der Waals surface area contributed by atoms with Crippen molar-refractivity contribution in [1.29, 1.82) is 0 Å². The maximum Gasteiger partial charge on any atom is 0.180 e. The average Bonchev–Trinajstić information content (AvgIpc) is 2.53. The summed E-state index contributed by atoms with van der Waals surface area (Å²) in [4.78, 5) is 16.8. The average molecular weight is 292 g/mol. The first-order valence-electron chi connectivity index (χ1n) is 7.79. The molecule has 1 rings (SSSR count). The van der Waals surface area contributed by atoms with Crippen molar-refractivity contribution in [2.75, 3.05) is 44.7 Å². The molecule has 0 aliphatic heterocycles. The fraction of sp³-hybridized carbons (Fsp3) is 0.588. The smallest absolute Gasteiger partial charge is 0.180 e. The molecule has 0 aliphatic carbocycles. The van der Waals surface area contributed by atoms with Crippen molar-refractivity contribution in [1.82, 2.24) is 4.90 Å². The molecule has 0 atom stereocenters. The molecule has 0 aliphatic rings. The van der Waals surface area contributed by atoms with Gasteiger partial charge in [-0.25, -0.2) is 0 Å². The summed E-state index contributed by atoms with van der Waals surface area (Å²) in [5.74, 6) is 0.776. The first-order valence-corrected chi connectivity index (χ1v) is 7.79. The number of benzene rings is 1. The predicted octanol–water partition coefficient (Wildman–Crippen LogP) is 3.07. The molecule has 0 saturated heterocycles. The Morgan fingerprint density at radius 3 is 2.14 bits per heavy atom. The second kappa shape index (κ2) is 8.67. The van der Waals surface area contributed by atoms with E-state index < -0.39 is 0 Å². The largest absolute Gasteiger partial charge is 0.496 e. The normalized spacial score (nSPS) is 10.8. The van der Waals surface area contributed by atoms with Gasteiger partial charge in [0.25, 0.3) is 0 Å². The number of hydrogen-bond donors (Lipinski definition) is 0. The second-order valence-electron chi connectivity index (χ2n) is 4.94. The van der Waals surface area contributed by atoms with Crippen LogP contribution in [0.25, 0.3) is 0 Å². The maximum atomic E-state index is 12.4. The maximum absolute atomic E-state index is 12.4. The Balaban J connectivity index is 3.00. The van der Waals surface area contributed by atoms with Crippen LogP contribution in [0.3, 0.4) is 0 Å². The third-order valence-corrected chi connectivity index (χ3v) is 3.88. The molecule has 0 spiro atoms. The molecule has 0 unspecified atom stereocenters. The molecule has 0 aromatic heterocycles. The van der Waals surface area contributed by atoms with E-state index >= 15 is 0 Å². The first-order chi connectivity index (χ1) is 10.1. The van der Waals surface area contributed by atoms with Crippen LogP contribution in [0.5, 0.6) is 5.75 Å². The van der Waals surface area contributed by atoms with Crippen LogP contribution in [0.4, 0.5) is 5.69 Å². The topological polar surface area (TPSA) is 32.8 Å². The van der Waals surface area contributed by atoms with Crippen LogP contribution in [-0.4, -0.2) is 50.5 Å². The Morgan fingerprint density at radius 1 is 1.05 bits per heavy atom. The molecule has 1 aromatic carbocycles. The number of likely N-dealkylation sites (N-methyl/N-ethyl adjacent to an activating group) is 1. The molecule has 1 aromatic rings. The number of carbonyl (C=O) groups excluding carboxylic acids is 1. The quantitative estimate of drug-likeness (QED) is 0.655. The first kappa shape index (κ1) is 17.5. The summed E-state index contributed by atoms with van der Waals surface area (Å²) in [5.41, 5.74) is 1.76. The number of Topliss-reactive ketones (excluding diaryl/α,β-unsaturated/α-hetero) is 1. The van der Waals surface area contributed by atoms with E-state index in [0.717, 1.165) is 31.9 Å². The summed E-state index contributed by atoms with van der Waals surface area (Å²) in [7, 11) is 1.62. The van der Waals surface area contributed by atoms with Gasteiger partial charge < -0.3 is 9.64 Å². The van der Waals surface area contributed by atoms with E-state index in [1.165, 1.54) is 0 Å². The van der Waals surface area contributed by atoms with Gasteiger partial charge in [-0.15, -0.1) is 0 Å². The zero-order valence-corrected chi connectivity index (χ0v) is 14.0. The van der Waals surface area contributed by atoms with Crippen LogP contribution in [0.1, 0.15) is 38.1 Å². The molecule has 0 heterocycles. The molecule has 4 heteroatoms. The lowest BCUT2D eigenvalue weighted by Gasteiger charge is -2.23. The molecule has 4 nitrogen and oxygen atoms in total. The van der Waals surface area contributed by atoms with Crippen molar-refractivity contribution >= 4 is 11.5 Å². The van der Waals surface area contributed by atoms with E-state index in [4.69, 9.17) is 4.74 Å².